The molecule has 4 rings (SSSR count). The summed E-state index contributed by atoms with van der Waals surface area (Å²) in [6.45, 7) is 3.41. The van der Waals surface area contributed by atoms with E-state index in [0.29, 0.717) is 22.5 Å². The Morgan fingerprint density at radius 1 is 0.938 bits per heavy atom. The van der Waals surface area contributed by atoms with Crippen LogP contribution in [-0.2, 0) is 15.3 Å². The number of ether oxygens (including phenoxy) is 2. The van der Waals surface area contributed by atoms with Crippen molar-refractivity contribution in [2.24, 2.45) is 0 Å². The second-order valence-electron chi connectivity index (χ2n) is 7.09. The molecular formula is C26H23NO4S. The van der Waals surface area contributed by atoms with Gasteiger partial charge in [0.25, 0.3) is 0 Å². The van der Waals surface area contributed by atoms with E-state index in [9.17, 15) is 9.59 Å². The lowest BCUT2D eigenvalue weighted by Gasteiger charge is -2.12. The Labute approximate surface area is 191 Å². The summed E-state index contributed by atoms with van der Waals surface area (Å²) in [4.78, 5) is 25.7. The second-order valence-corrected chi connectivity index (χ2v) is 8.14. The molecule has 0 aliphatic rings. The Bertz CT molecular complexity index is 1250. The highest BCUT2D eigenvalue weighted by Crippen LogP contribution is 2.36. The van der Waals surface area contributed by atoms with Crippen molar-refractivity contribution in [2.45, 2.75) is 24.5 Å². The Kier molecular flexibility index (Phi) is 6.61. The fraction of sp³-hybridized carbons (Fsp3) is 0.154. The van der Waals surface area contributed by atoms with Crippen molar-refractivity contribution in [3.8, 4) is 11.4 Å². The lowest BCUT2D eigenvalue weighted by molar-refractivity contribution is -0.131. The van der Waals surface area contributed by atoms with Crippen molar-refractivity contribution < 1.29 is 19.1 Å². The summed E-state index contributed by atoms with van der Waals surface area (Å²) < 4.78 is 12.8. The van der Waals surface area contributed by atoms with Gasteiger partial charge in [-0.1, -0.05) is 36.4 Å². The summed E-state index contributed by atoms with van der Waals surface area (Å²) in [6.07, 6.45) is 0. The Morgan fingerprint density at radius 3 is 2.28 bits per heavy atom. The van der Waals surface area contributed by atoms with E-state index in [4.69, 9.17) is 9.47 Å². The first kappa shape index (κ1) is 21.7. The molecule has 0 bridgehead atoms. The zero-order valence-corrected chi connectivity index (χ0v) is 18.7. The average Bonchev–Trinajstić information content (AvgIpc) is 3.12. The fourth-order valence-corrected chi connectivity index (χ4v) is 4.59. The number of carbonyl (C=O) groups is 2. The summed E-state index contributed by atoms with van der Waals surface area (Å²) in [7, 11) is 0. The normalized spacial score (nSPS) is 10.8. The van der Waals surface area contributed by atoms with Gasteiger partial charge in [-0.25, -0.2) is 4.79 Å². The van der Waals surface area contributed by atoms with E-state index in [1.165, 1.54) is 6.92 Å². The maximum atomic E-state index is 13.1. The van der Waals surface area contributed by atoms with Gasteiger partial charge in [-0.3, -0.25) is 4.79 Å². The summed E-state index contributed by atoms with van der Waals surface area (Å²) in [6, 6.07) is 25.3. The second kappa shape index (κ2) is 9.75. The van der Waals surface area contributed by atoms with Gasteiger partial charge in [0.15, 0.2) is 0 Å². The number of hydrogen-bond acceptors (Lipinski definition) is 5. The van der Waals surface area contributed by atoms with Crippen LogP contribution in [-0.4, -0.2) is 23.1 Å². The van der Waals surface area contributed by atoms with Crippen LogP contribution in [0.5, 0.6) is 5.75 Å². The molecule has 0 N–H and O–H groups in total. The lowest BCUT2D eigenvalue weighted by Crippen LogP contribution is -2.09. The number of fused-ring (bicyclic) bond motifs is 1. The predicted octanol–water partition coefficient (Wildman–Crippen LogP) is 6.02. The quantitative estimate of drug-likeness (QED) is 0.198. The van der Waals surface area contributed by atoms with Gasteiger partial charge in [0.2, 0.25) is 0 Å². The Morgan fingerprint density at radius 2 is 1.62 bits per heavy atom. The van der Waals surface area contributed by atoms with E-state index in [1.54, 1.807) is 30.8 Å². The largest absolute Gasteiger partial charge is 0.462 e. The molecule has 5 nitrogen and oxygen atoms in total. The van der Waals surface area contributed by atoms with Crippen LogP contribution in [0, 0.1) is 0 Å². The van der Waals surface area contributed by atoms with E-state index in [1.807, 2.05) is 66.7 Å². The van der Waals surface area contributed by atoms with Crippen LogP contribution >= 0.6 is 11.8 Å². The number of hydrogen-bond donors (Lipinski definition) is 0. The molecule has 0 fully saturated rings. The van der Waals surface area contributed by atoms with Crippen LogP contribution in [0.25, 0.3) is 16.6 Å². The van der Waals surface area contributed by atoms with E-state index in [0.717, 1.165) is 21.8 Å². The van der Waals surface area contributed by atoms with E-state index >= 15 is 0 Å². The highest BCUT2D eigenvalue weighted by molar-refractivity contribution is 7.98. The number of para-hydroxylation sites is 1. The molecular weight excluding hydrogens is 422 g/mol. The maximum Gasteiger partial charge on any atom is 0.340 e. The summed E-state index contributed by atoms with van der Waals surface area (Å²) in [5.41, 5.74) is 3.11. The fourth-order valence-electron chi connectivity index (χ4n) is 3.66. The van der Waals surface area contributed by atoms with E-state index in [-0.39, 0.29) is 6.61 Å². The van der Waals surface area contributed by atoms with Crippen LogP contribution in [0.2, 0.25) is 0 Å². The van der Waals surface area contributed by atoms with Crippen molar-refractivity contribution in [3.63, 3.8) is 0 Å². The van der Waals surface area contributed by atoms with Crippen LogP contribution in [0.4, 0.5) is 0 Å². The number of esters is 2. The third-order valence-corrected chi connectivity index (χ3v) is 5.93. The number of carbonyl (C=O) groups excluding carboxylic acids is 2. The van der Waals surface area contributed by atoms with Crippen LogP contribution in [0.15, 0.2) is 83.8 Å². The summed E-state index contributed by atoms with van der Waals surface area (Å²) >= 11 is 1.65. The smallest absolute Gasteiger partial charge is 0.340 e. The monoisotopic (exact) mass is 445 g/mol. The number of rotatable bonds is 7. The summed E-state index contributed by atoms with van der Waals surface area (Å²) in [5.74, 6) is 0.146. The number of benzene rings is 3. The van der Waals surface area contributed by atoms with Crippen molar-refractivity contribution in [2.75, 3.05) is 6.61 Å². The van der Waals surface area contributed by atoms with Crippen molar-refractivity contribution in [1.29, 1.82) is 0 Å². The SMILES string of the molecule is CCOC(=O)c1c(CSc2ccccc2)n(-c2ccccc2)c2ccc(OC(C)=O)cc12. The molecule has 0 saturated carbocycles. The highest BCUT2D eigenvalue weighted by atomic mass is 32.2. The molecule has 32 heavy (non-hydrogen) atoms. The van der Waals surface area contributed by atoms with Crippen LogP contribution in [0.3, 0.4) is 0 Å². The van der Waals surface area contributed by atoms with Gasteiger partial charge in [-0.15, -0.1) is 11.8 Å². The predicted molar refractivity (Wildman–Crippen MR) is 127 cm³/mol. The molecule has 0 saturated heterocycles. The topological polar surface area (TPSA) is 57.5 Å². The van der Waals surface area contributed by atoms with Gasteiger partial charge in [0.05, 0.1) is 17.7 Å². The number of nitrogens with zero attached hydrogens (tertiary/aromatic N) is 1. The third kappa shape index (κ3) is 4.55. The highest BCUT2D eigenvalue weighted by Gasteiger charge is 2.25. The van der Waals surface area contributed by atoms with Gasteiger partial charge in [0, 0.05) is 34.3 Å². The first-order valence-electron chi connectivity index (χ1n) is 10.3. The van der Waals surface area contributed by atoms with Gasteiger partial charge in [-0.05, 0) is 49.4 Å². The van der Waals surface area contributed by atoms with Crippen LogP contribution < -0.4 is 4.74 Å². The molecule has 4 aromatic rings. The number of thioether (sulfide) groups is 1. The number of aromatic nitrogens is 1. The van der Waals surface area contributed by atoms with Gasteiger partial charge in [0.1, 0.15) is 5.75 Å². The van der Waals surface area contributed by atoms with Crippen molar-refractivity contribution in [1.82, 2.24) is 4.57 Å². The minimum absolute atomic E-state index is 0.270. The van der Waals surface area contributed by atoms with Crippen molar-refractivity contribution in [3.05, 3.63) is 90.1 Å². The zero-order valence-electron chi connectivity index (χ0n) is 17.9. The molecule has 0 radical (unpaired) electrons. The molecule has 0 aliphatic heterocycles. The van der Waals surface area contributed by atoms with Gasteiger partial charge < -0.3 is 14.0 Å². The lowest BCUT2D eigenvalue weighted by atomic mass is 10.1. The molecule has 0 spiro atoms. The molecule has 0 atom stereocenters. The minimum Gasteiger partial charge on any atom is -0.462 e. The van der Waals surface area contributed by atoms with Gasteiger partial charge >= 0.3 is 11.9 Å². The first-order valence-corrected chi connectivity index (χ1v) is 11.3. The maximum absolute atomic E-state index is 13.1. The molecule has 0 amide bonds. The molecule has 162 valence electrons. The molecule has 0 aliphatic carbocycles. The third-order valence-electron chi connectivity index (χ3n) is 4.91. The molecule has 6 heteroatoms. The van der Waals surface area contributed by atoms with Crippen LogP contribution in [0.1, 0.15) is 29.9 Å². The Balaban J connectivity index is 1.94. The average molecular weight is 446 g/mol. The van der Waals surface area contributed by atoms with E-state index in [2.05, 4.69) is 4.57 Å². The first-order chi connectivity index (χ1) is 15.6. The minimum atomic E-state index is -0.413. The van der Waals surface area contributed by atoms with Crippen molar-refractivity contribution >= 4 is 34.6 Å². The molecule has 1 aromatic heterocycles. The Hall–Kier alpha value is -3.51. The summed E-state index contributed by atoms with van der Waals surface area (Å²) in [5, 5.41) is 0.690. The van der Waals surface area contributed by atoms with Gasteiger partial charge in [-0.2, -0.15) is 0 Å². The molecule has 3 aromatic carbocycles. The molecule has 0 unspecified atom stereocenters. The van der Waals surface area contributed by atoms with E-state index < -0.39 is 11.9 Å². The standard InChI is InChI=1S/C26H23NO4S/c1-3-30-26(29)25-22-16-20(31-18(2)28)14-15-23(22)27(19-10-6-4-7-11-19)24(25)17-32-21-12-8-5-9-13-21/h4-16H,3,17H2,1-2H3. The zero-order chi connectivity index (χ0) is 22.5. The molecule has 1 heterocycles.